The average Bonchev–Trinajstić information content (AvgIpc) is 2.64. The third-order valence-corrected chi connectivity index (χ3v) is 3.58. The SMILES string of the molecule is Cc1ccc2c(c1)c1c(n2CC(=O)O)CCNC1.Cl. The van der Waals surface area contributed by atoms with Crippen LogP contribution in [0, 0.1) is 6.92 Å². The Labute approximate surface area is 117 Å². The number of hydrogen-bond donors (Lipinski definition) is 2. The van der Waals surface area contributed by atoms with Gasteiger partial charge in [0.25, 0.3) is 0 Å². The topological polar surface area (TPSA) is 54.3 Å². The molecular weight excluding hydrogens is 264 g/mol. The van der Waals surface area contributed by atoms with Crippen molar-refractivity contribution < 1.29 is 9.90 Å². The van der Waals surface area contributed by atoms with Gasteiger partial charge in [0.05, 0.1) is 0 Å². The number of rotatable bonds is 2. The molecule has 1 aromatic heterocycles. The van der Waals surface area contributed by atoms with E-state index in [1.807, 2.05) is 16.7 Å². The van der Waals surface area contributed by atoms with E-state index in [1.165, 1.54) is 22.2 Å². The van der Waals surface area contributed by atoms with Gasteiger partial charge in [0, 0.05) is 36.1 Å². The molecule has 0 bridgehead atoms. The van der Waals surface area contributed by atoms with Crippen LogP contribution in [0.25, 0.3) is 10.9 Å². The Morgan fingerprint density at radius 1 is 1.47 bits per heavy atom. The third kappa shape index (κ3) is 2.33. The molecule has 0 radical (unpaired) electrons. The van der Waals surface area contributed by atoms with Crippen LogP contribution in [0.3, 0.4) is 0 Å². The summed E-state index contributed by atoms with van der Waals surface area (Å²) in [4.78, 5) is 11.0. The number of carboxylic acid groups (broad SMARTS) is 1. The molecule has 1 aliphatic rings. The molecule has 0 saturated heterocycles. The Kier molecular flexibility index (Phi) is 3.83. The molecule has 1 aromatic carbocycles. The smallest absolute Gasteiger partial charge is 0.323 e. The number of fused-ring (bicyclic) bond motifs is 3. The van der Waals surface area contributed by atoms with Crippen LogP contribution < -0.4 is 5.32 Å². The first-order valence-electron chi connectivity index (χ1n) is 6.20. The fourth-order valence-electron chi connectivity index (χ4n) is 2.81. The quantitative estimate of drug-likeness (QED) is 0.886. The van der Waals surface area contributed by atoms with Crippen LogP contribution >= 0.6 is 12.4 Å². The Morgan fingerprint density at radius 2 is 2.26 bits per heavy atom. The van der Waals surface area contributed by atoms with Gasteiger partial charge in [-0.15, -0.1) is 12.4 Å². The Balaban J connectivity index is 0.00000133. The van der Waals surface area contributed by atoms with Crippen molar-refractivity contribution >= 4 is 29.3 Å². The van der Waals surface area contributed by atoms with Crippen molar-refractivity contribution in [1.82, 2.24) is 9.88 Å². The van der Waals surface area contributed by atoms with Crippen LogP contribution in [0.2, 0.25) is 0 Å². The first-order valence-corrected chi connectivity index (χ1v) is 6.20. The average molecular weight is 281 g/mol. The van der Waals surface area contributed by atoms with E-state index in [2.05, 4.69) is 18.3 Å². The minimum absolute atomic E-state index is 0. The van der Waals surface area contributed by atoms with Crippen LogP contribution in [0.15, 0.2) is 18.2 Å². The number of hydrogen-bond acceptors (Lipinski definition) is 2. The van der Waals surface area contributed by atoms with E-state index in [-0.39, 0.29) is 19.0 Å². The molecule has 0 saturated carbocycles. The fourth-order valence-corrected chi connectivity index (χ4v) is 2.81. The predicted octanol–water partition coefficient (Wildman–Crippen LogP) is 2.10. The zero-order valence-electron chi connectivity index (χ0n) is 10.8. The molecule has 2 N–H and O–H groups in total. The highest BCUT2D eigenvalue weighted by Crippen LogP contribution is 2.29. The van der Waals surface area contributed by atoms with Crippen LogP contribution in [0.1, 0.15) is 16.8 Å². The lowest BCUT2D eigenvalue weighted by Crippen LogP contribution is -2.25. The number of aliphatic carboxylic acids is 1. The van der Waals surface area contributed by atoms with E-state index in [9.17, 15) is 4.79 Å². The number of carboxylic acids is 1. The second kappa shape index (κ2) is 5.23. The maximum absolute atomic E-state index is 11.0. The second-order valence-electron chi connectivity index (χ2n) is 4.85. The van der Waals surface area contributed by atoms with Gasteiger partial charge in [0.15, 0.2) is 0 Å². The summed E-state index contributed by atoms with van der Waals surface area (Å²) in [6, 6.07) is 6.23. The van der Waals surface area contributed by atoms with Gasteiger partial charge in [-0.05, 0) is 24.6 Å². The second-order valence-corrected chi connectivity index (χ2v) is 4.85. The number of halogens is 1. The van der Waals surface area contributed by atoms with Gasteiger partial charge in [0.2, 0.25) is 0 Å². The highest BCUT2D eigenvalue weighted by molar-refractivity contribution is 5.87. The molecule has 102 valence electrons. The molecule has 5 heteroatoms. The van der Waals surface area contributed by atoms with Gasteiger partial charge in [-0.3, -0.25) is 4.79 Å². The number of aryl methyl sites for hydroxylation is 1. The van der Waals surface area contributed by atoms with Gasteiger partial charge >= 0.3 is 5.97 Å². The summed E-state index contributed by atoms with van der Waals surface area (Å²) in [5.41, 5.74) is 4.69. The number of carbonyl (C=O) groups is 1. The molecule has 0 aliphatic carbocycles. The number of aromatic nitrogens is 1. The summed E-state index contributed by atoms with van der Waals surface area (Å²) in [5.74, 6) is -0.784. The van der Waals surface area contributed by atoms with E-state index < -0.39 is 5.97 Å². The van der Waals surface area contributed by atoms with Crippen LogP contribution in [0.5, 0.6) is 0 Å². The molecule has 0 atom stereocenters. The molecule has 2 aromatic rings. The standard InChI is InChI=1S/C14H16N2O2.ClH/c1-9-2-3-12-10(6-9)11-7-15-5-4-13(11)16(12)8-14(17)18;/h2-3,6,15H,4-5,7-8H2,1H3,(H,17,18);1H. The lowest BCUT2D eigenvalue weighted by atomic mass is 10.0. The Hall–Kier alpha value is -1.52. The van der Waals surface area contributed by atoms with E-state index in [4.69, 9.17) is 5.11 Å². The van der Waals surface area contributed by atoms with Gasteiger partial charge < -0.3 is 15.0 Å². The molecule has 0 fully saturated rings. The summed E-state index contributed by atoms with van der Waals surface area (Å²) in [6.07, 6.45) is 0.899. The molecule has 3 rings (SSSR count). The summed E-state index contributed by atoms with van der Waals surface area (Å²) >= 11 is 0. The van der Waals surface area contributed by atoms with E-state index in [0.717, 1.165) is 25.0 Å². The normalized spacial score (nSPS) is 13.9. The molecule has 1 aliphatic heterocycles. The largest absolute Gasteiger partial charge is 0.480 e. The maximum Gasteiger partial charge on any atom is 0.323 e. The van der Waals surface area contributed by atoms with Crippen molar-refractivity contribution in [2.24, 2.45) is 0 Å². The molecule has 0 unspecified atom stereocenters. The number of nitrogens with one attached hydrogen (secondary N) is 1. The predicted molar refractivity (Wildman–Crippen MR) is 77.0 cm³/mol. The van der Waals surface area contributed by atoms with Gasteiger partial charge in [-0.2, -0.15) is 0 Å². The molecule has 19 heavy (non-hydrogen) atoms. The van der Waals surface area contributed by atoms with Crippen molar-refractivity contribution in [1.29, 1.82) is 0 Å². The first-order chi connectivity index (χ1) is 8.66. The van der Waals surface area contributed by atoms with Crippen molar-refractivity contribution in [2.75, 3.05) is 6.54 Å². The van der Waals surface area contributed by atoms with E-state index in [0.29, 0.717) is 0 Å². The van der Waals surface area contributed by atoms with Gasteiger partial charge in [0.1, 0.15) is 6.54 Å². The molecule has 4 nitrogen and oxygen atoms in total. The number of benzene rings is 1. The minimum atomic E-state index is -0.784. The van der Waals surface area contributed by atoms with E-state index in [1.54, 1.807) is 0 Å². The summed E-state index contributed by atoms with van der Waals surface area (Å²) < 4.78 is 1.95. The van der Waals surface area contributed by atoms with Gasteiger partial charge in [-0.1, -0.05) is 11.6 Å². The van der Waals surface area contributed by atoms with Crippen molar-refractivity contribution in [3.8, 4) is 0 Å². The molecule has 2 heterocycles. The van der Waals surface area contributed by atoms with Gasteiger partial charge in [-0.25, -0.2) is 0 Å². The van der Waals surface area contributed by atoms with E-state index >= 15 is 0 Å². The Bertz CT molecular complexity index is 634. The highest BCUT2D eigenvalue weighted by Gasteiger charge is 2.20. The highest BCUT2D eigenvalue weighted by atomic mass is 35.5. The van der Waals surface area contributed by atoms with Crippen LogP contribution in [0.4, 0.5) is 0 Å². The fraction of sp³-hybridized carbons (Fsp3) is 0.357. The lowest BCUT2D eigenvalue weighted by molar-refractivity contribution is -0.137. The minimum Gasteiger partial charge on any atom is -0.480 e. The summed E-state index contributed by atoms with van der Waals surface area (Å²) in [5, 5.41) is 13.6. The monoisotopic (exact) mass is 280 g/mol. The van der Waals surface area contributed by atoms with Crippen LogP contribution in [-0.2, 0) is 24.3 Å². The lowest BCUT2D eigenvalue weighted by Gasteiger charge is -2.16. The Morgan fingerprint density at radius 3 is 3.00 bits per heavy atom. The summed E-state index contributed by atoms with van der Waals surface area (Å²) in [6.45, 7) is 3.87. The van der Waals surface area contributed by atoms with Crippen molar-refractivity contribution in [3.05, 3.63) is 35.0 Å². The third-order valence-electron chi connectivity index (χ3n) is 3.58. The molecular formula is C14H17ClN2O2. The molecule has 0 amide bonds. The zero-order valence-corrected chi connectivity index (χ0v) is 11.6. The maximum atomic E-state index is 11.0. The number of nitrogens with zero attached hydrogens (tertiary/aromatic N) is 1. The van der Waals surface area contributed by atoms with Crippen molar-refractivity contribution in [3.63, 3.8) is 0 Å². The first kappa shape index (κ1) is 13.9. The molecule has 0 spiro atoms. The van der Waals surface area contributed by atoms with Crippen LogP contribution in [-0.4, -0.2) is 22.2 Å². The van der Waals surface area contributed by atoms with Crippen molar-refractivity contribution in [2.45, 2.75) is 26.4 Å². The zero-order chi connectivity index (χ0) is 12.7. The summed E-state index contributed by atoms with van der Waals surface area (Å²) in [7, 11) is 0.